The Morgan fingerprint density at radius 2 is 1.96 bits per heavy atom. The highest BCUT2D eigenvalue weighted by atomic mass is 32.1. The first-order valence-corrected chi connectivity index (χ1v) is 9.67. The number of esters is 1. The Balaban J connectivity index is 1.57. The number of methoxy groups -OCH3 is 1. The predicted octanol–water partition coefficient (Wildman–Crippen LogP) is 2.31. The SMILES string of the molecule is COC(=O)c1c(NC(=O)CN2CCN(c3ccccn3)CC2)sc(C)c1C. The fourth-order valence-electron chi connectivity index (χ4n) is 3.11. The average Bonchev–Trinajstić information content (AvgIpc) is 2.95. The molecule has 2 aromatic heterocycles. The van der Waals surface area contributed by atoms with Crippen LogP contribution < -0.4 is 10.2 Å². The normalized spacial score (nSPS) is 14.9. The number of pyridine rings is 1. The minimum atomic E-state index is -0.420. The molecule has 144 valence electrons. The van der Waals surface area contributed by atoms with Crippen LogP contribution in [-0.2, 0) is 9.53 Å². The Hall–Kier alpha value is -2.45. The number of hydrogen-bond donors (Lipinski definition) is 1. The highest BCUT2D eigenvalue weighted by molar-refractivity contribution is 7.16. The number of ether oxygens (including phenoxy) is 1. The zero-order valence-corrected chi connectivity index (χ0v) is 16.6. The molecule has 2 aromatic rings. The van der Waals surface area contributed by atoms with Gasteiger partial charge in [-0.15, -0.1) is 11.3 Å². The van der Waals surface area contributed by atoms with Crippen molar-refractivity contribution in [3.05, 3.63) is 40.4 Å². The first-order valence-electron chi connectivity index (χ1n) is 8.86. The molecule has 3 rings (SSSR count). The summed E-state index contributed by atoms with van der Waals surface area (Å²) in [6, 6.07) is 5.88. The lowest BCUT2D eigenvalue weighted by Crippen LogP contribution is -2.48. The second-order valence-corrected chi connectivity index (χ2v) is 7.70. The molecule has 1 aliphatic rings. The van der Waals surface area contributed by atoms with Crippen molar-refractivity contribution in [2.24, 2.45) is 0 Å². The molecule has 0 aliphatic carbocycles. The van der Waals surface area contributed by atoms with Gasteiger partial charge in [0, 0.05) is 37.3 Å². The first kappa shape index (κ1) is 19.3. The summed E-state index contributed by atoms with van der Waals surface area (Å²) >= 11 is 1.40. The van der Waals surface area contributed by atoms with Crippen molar-refractivity contribution in [1.82, 2.24) is 9.88 Å². The number of nitrogens with one attached hydrogen (secondary N) is 1. The number of rotatable bonds is 5. The van der Waals surface area contributed by atoms with Crippen molar-refractivity contribution in [3.8, 4) is 0 Å². The van der Waals surface area contributed by atoms with E-state index in [9.17, 15) is 9.59 Å². The molecule has 0 bridgehead atoms. The van der Waals surface area contributed by atoms with E-state index in [0.717, 1.165) is 42.4 Å². The minimum Gasteiger partial charge on any atom is -0.465 e. The average molecular weight is 388 g/mol. The fourth-order valence-corrected chi connectivity index (χ4v) is 4.17. The van der Waals surface area contributed by atoms with Crippen molar-refractivity contribution >= 4 is 34.0 Å². The van der Waals surface area contributed by atoms with Gasteiger partial charge in [0.1, 0.15) is 10.8 Å². The van der Waals surface area contributed by atoms with Gasteiger partial charge in [0.2, 0.25) is 5.91 Å². The van der Waals surface area contributed by atoms with Crippen LogP contribution in [0.4, 0.5) is 10.8 Å². The maximum Gasteiger partial charge on any atom is 0.341 e. The van der Waals surface area contributed by atoms with Gasteiger partial charge < -0.3 is 15.0 Å². The lowest BCUT2D eigenvalue weighted by Gasteiger charge is -2.34. The van der Waals surface area contributed by atoms with Gasteiger partial charge in [0.25, 0.3) is 0 Å². The van der Waals surface area contributed by atoms with Crippen molar-refractivity contribution in [3.63, 3.8) is 0 Å². The van der Waals surface area contributed by atoms with Crippen LogP contribution in [0.25, 0.3) is 0 Å². The summed E-state index contributed by atoms with van der Waals surface area (Å²) < 4.78 is 4.85. The molecule has 8 heteroatoms. The van der Waals surface area contributed by atoms with Crippen LogP contribution in [-0.4, -0.2) is 61.6 Å². The molecule has 0 unspecified atom stereocenters. The third kappa shape index (κ3) is 4.45. The molecule has 27 heavy (non-hydrogen) atoms. The molecule has 1 N–H and O–H groups in total. The smallest absolute Gasteiger partial charge is 0.341 e. The van der Waals surface area contributed by atoms with Gasteiger partial charge in [0.05, 0.1) is 19.2 Å². The van der Waals surface area contributed by atoms with Crippen molar-refractivity contribution in [2.75, 3.05) is 50.1 Å². The van der Waals surface area contributed by atoms with Gasteiger partial charge in [-0.3, -0.25) is 9.69 Å². The summed E-state index contributed by atoms with van der Waals surface area (Å²) in [5, 5.41) is 3.45. The maximum absolute atomic E-state index is 12.5. The topological polar surface area (TPSA) is 74.8 Å². The number of hydrogen-bond acceptors (Lipinski definition) is 7. The lowest BCUT2D eigenvalue weighted by molar-refractivity contribution is -0.117. The van der Waals surface area contributed by atoms with Crippen LogP contribution in [0.5, 0.6) is 0 Å². The Labute approximate surface area is 162 Å². The number of aryl methyl sites for hydroxylation is 1. The quantitative estimate of drug-likeness (QED) is 0.793. The number of aromatic nitrogens is 1. The summed E-state index contributed by atoms with van der Waals surface area (Å²) in [6.45, 7) is 7.33. The van der Waals surface area contributed by atoms with E-state index in [1.165, 1.54) is 18.4 Å². The molecule has 0 radical (unpaired) electrons. The summed E-state index contributed by atoms with van der Waals surface area (Å²) in [7, 11) is 1.35. The van der Waals surface area contributed by atoms with Crippen LogP contribution in [0.2, 0.25) is 0 Å². The van der Waals surface area contributed by atoms with Crippen molar-refractivity contribution in [2.45, 2.75) is 13.8 Å². The second-order valence-electron chi connectivity index (χ2n) is 6.48. The van der Waals surface area contributed by atoms with E-state index in [1.807, 2.05) is 32.0 Å². The van der Waals surface area contributed by atoms with E-state index in [4.69, 9.17) is 4.74 Å². The van der Waals surface area contributed by atoms with E-state index in [0.29, 0.717) is 17.1 Å². The van der Waals surface area contributed by atoms with Crippen molar-refractivity contribution < 1.29 is 14.3 Å². The molecule has 1 fully saturated rings. The highest BCUT2D eigenvalue weighted by Crippen LogP contribution is 2.32. The van der Waals surface area contributed by atoms with Gasteiger partial charge >= 0.3 is 5.97 Å². The number of nitrogens with zero attached hydrogens (tertiary/aromatic N) is 3. The number of carbonyl (C=O) groups excluding carboxylic acids is 2. The maximum atomic E-state index is 12.5. The van der Waals surface area contributed by atoms with E-state index in [-0.39, 0.29) is 5.91 Å². The summed E-state index contributed by atoms with van der Waals surface area (Å²) in [6.07, 6.45) is 1.79. The molecule has 0 aromatic carbocycles. The number of anilines is 2. The minimum absolute atomic E-state index is 0.118. The molecular formula is C19H24N4O3S. The molecule has 1 amide bonds. The van der Waals surface area contributed by atoms with Gasteiger partial charge in [-0.1, -0.05) is 6.07 Å². The lowest BCUT2D eigenvalue weighted by atomic mass is 10.1. The van der Waals surface area contributed by atoms with Crippen LogP contribution in [0.1, 0.15) is 20.8 Å². The fraction of sp³-hybridized carbons (Fsp3) is 0.421. The Kier molecular flexibility index (Phi) is 6.08. The van der Waals surface area contributed by atoms with E-state index in [2.05, 4.69) is 20.1 Å². The van der Waals surface area contributed by atoms with E-state index >= 15 is 0 Å². The van der Waals surface area contributed by atoms with Crippen LogP contribution >= 0.6 is 11.3 Å². The Morgan fingerprint density at radius 3 is 2.59 bits per heavy atom. The third-order valence-electron chi connectivity index (χ3n) is 4.74. The van der Waals surface area contributed by atoms with Gasteiger partial charge in [0.15, 0.2) is 0 Å². The zero-order valence-electron chi connectivity index (χ0n) is 15.8. The van der Waals surface area contributed by atoms with Crippen LogP contribution in [0.15, 0.2) is 24.4 Å². The second kappa shape index (κ2) is 8.49. The standard InChI is InChI=1S/C19H24N4O3S/c1-13-14(2)27-18(17(13)19(25)26-3)21-16(24)12-22-8-10-23(11-9-22)15-6-4-5-7-20-15/h4-7H,8-12H2,1-3H3,(H,21,24). The molecule has 1 saturated heterocycles. The molecular weight excluding hydrogens is 364 g/mol. The van der Waals surface area contributed by atoms with Crippen LogP contribution in [0.3, 0.4) is 0 Å². The summed E-state index contributed by atoms with van der Waals surface area (Å²) in [5.74, 6) is 0.428. The summed E-state index contributed by atoms with van der Waals surface area (Å²) in [5.41, 5.74) is 1.31. The first-order chi connectivity index (χ1) is 13.0. The Bertz CT molecular complexity index is 814. The van der Waals surface area contributed by atoms with Crippen LogP contribution in [0, 0.1) is 13.8 Å². The number of carbonyl (C=O) groups is 2. The molecule has 3 heterocycles. The van der Waals surface area contributed by atoms with Gasteiger partial charge in [-0.05, 0) is 31.5 Å². The number of amides is 1. The number of thiophene rings is 1. The molecule has 0 saturated carbocycles. The van der Waals surface area contributed by atoms with E-state index < -0.39 is 5.97 Å². The molecule has 0 spiro atoms. The molecule has 1 aliphatic heterocycles. The summed E-state index contributed by atoms with van der Waals surface area (Å²) in [4.78, 5) is 34.2. The largest absolute Gasteiger partial charge is 0.465 e. The van der Waals surface area contributed by atoms with Gasteiger partial charge in [-0.2, -0.15) is 0 Å². The van der Waals surface area contributed by atoms with E-state index in [1.54, 1.807) is 6.20 Å². The zero-order chi connectivity index (χ0) is 19.4. The third-order valence-corrected chi connectivity index (χ3v) is 5.86. The molecule has 7 nitrogen and oxygen atoms in total. The Morgan fingerprint density at radius 1 is 1.22 bits per heavy atom. The molecule has 0 atom stereocenters. The van der Waals surface area contributed by atoms with Crippen molar-refractivity contribution in [1.29, 1.82) is 0 Å². The monoisotopic (exact) mass is 388 g/mol. The van der Waals surface area contributed by atoms with Gasteiger partial charge in [-0.25, -0.2) is 9.78 Å². The highest BCUT2D eigenvalue weighted by Gasteiger charge is 2.23. The number of piperazine rings is 1. The predicted molar refractivity (Wildman–Crippen MR) is 107 cm³/mol.